The van der Waals surface area contributed by atoms with E-state index in [1.54, 1.807) is 6.07 Å². The van der Waals surface area contributed by atoms with E-state index in [2.05, 4.69) is 14.8 Å². The lowest BCUT2D eigenvalue weighted by atomic mass is 10.2. The number of carbonyl (C=O) groups is 1. The number of hydrogen-bond donors (Lipinski definition) is 1. The molecule has 0 aliphatic carbocycles. The zero-order chi connectivity index (χ0) is 18.2. The molecule has 0 aromatic heterocycles. The van der Waals surface area contributed by atoms with Crippen LogP contribution in [0.1, 0.15) is 5.56 Å². The Labute approximate surface area is 140 Å². The molecule has 132 valence electrons. The number of benzene rings is 2. The van der Waals surface area contributed by atoms with Gasteiger partial charge in [0.25, 0.3) is 0 Å². The fourth-order valence-electron chi connectivity index (χ4n) is 1.93. The summed E-state index contributed by atoms with van der Waals surface area (Å²) < 4.78 is 58.0. The Bertz CT molecular complexity index is 750. The smallest absolute Gasteiger partial charge is 0.387 e. The first kappa shape index (κ1) is 18.3. The van der Waals surface area contributed by atoms with Gasteiger partial charge in [-0.1, -0.05) is 30.3 Å². The molecule has 2 aromatic carbocycles. The SMILES string of the molecule is O=C(C=Cc1ccccc1OC(F)F)Nc1ccccc1OC(F)F. The molecule has 0 aliphatic rings. The molecule has 4 nitrogen and oxygen atoms in total. The molecule has 0 radical (unpaired) electrons. The Morgan fingerprint density at radius 2 is 1.44 bits per heavy atom. The predicted molar refractivity (Wildman–Crippen MR) is 83.8 cm³/mol. The minimum absolute atomic E-state index is 0.0505. The Morgan fingerprint density at radius 1 is 0.880 bits per heavy atom. The zero-order valence-corrected chi connectivity index (χ0v) is 12.7. The molecule has 2 aromatic rings. The molecule has 8 heteroatoms. The maximum absolute atomic E-state index is 12.3. The maximum atomic E-state index is 12.3. The van der Waals surface area contributed by atoms with E-state index in [0.717, 1.165) is 6.08 Å². The predicted octanol–water partition coefficient (Wildman–Crippen LogP) is 4.54. The first-order valence-corrected chi connectivity index (χ1v) is 7.02. The van der Waals surface area contributed by atoms with Gasteiger partial charge in [-0.05, 0) is 24.3 Å². The van der Waals surface area contributed by atoms with E-state index in [0.29, 0.717) is 0 Å². The molecule has 0 aliphatic heterocycles. The normalized spacial score (nSPS) is 11.1. The minimum Gasteiger partial charge on any atom is -0.434 e. The summed E-state index contributed by atoms with van der Waals surface area (Å²) in [6.07, 6.45) is 2.33. The number of para-hydroxylation sites is 3. The van der Waals surface area contributed by atoms with Crippen LogP contribution in [-0.2, 0) is 4.79 Å². The fraction of sp³-hybridized carbons (Fsp3) is 0.118. The standard InChI is InChI=1S/C17H13F4NO3/c18-16(19)24-13-7-3-1-5-11(13)9-10-15(23)22-12-6-2-4-8-14(12)25-17(20)21/h1-10,16-17H,(H,22,23). The largest absolute Gasteiger partial charge is 0.434 e. The molecule has 0 fully saturated rings. The number of alkyl halides is 4. The van der Waals surface area contributed by atoms with Crippen molar-refractivity contribution in [2.45, 2.75) is 13.2 Å². The van der Waals surface area contributed by atoms with Crippen molar-refractivity contribution in [1.29, 1.82) is 0 Å². The number of ether oxygens (including phenoxy) is 2. The second-order valence-corrected chi connectivity index (χ2v) is 4.61. The highest BCUT2D eigenvalue weighted by atomic mass is 19.3. The number of carbonyl (C=O) groups excluding carboxylic acids is 1. The lowest BCUT2D eigenvalue weighted by Crippen LogP contribution is -2.11. The summed E-state index contributed by atoms with van der Waals surface area (Å²) in [5.41, 5.74) is 0.310. The van der Waals surface area contributed by atoms with Crippen LogP contribution in [0.25, 0.3) is 6.08 Å². The fourth-order valence-corrected chi connectivity index (χ4v) is 1.93. The van der Waals surface area contributed by atoms with Crippen molar-refractivity contribution in [3.05, 3.63) is 60.2 Å². The highest BCUT2D eigenvalue weighted by Gasteiger charge is 2.11. The molecule has 0 spiro atoms. The molecule has 1 N–H and O–H groups in total. The third kappa shape index (κ3) is 5.83. The molecule has 1 amide bonds. The van der Waals surface area contributed by atoms with Crippen molar-refractivity contribution in [2.24, 2.45) is 0 Å². The van der Waals surface area contributed by atoms with Gasteiger partial charge in [0.2, 0.25) is 5.91 Å². The highest BCUT2D eigenvalue weighted by molar-refractivity contribution is 6.02. The van der Waals surface area contributed by atoms with Crippen LogP contribution in [-0.4, -0.2) is 19.1 Å². The van der Waals surface area contributed by atoms with Crippen molar-refractivity contribution < 1.29 is 31.8 Å². The van der Waals surface area contributed by atoms with Crippen molar-refractivity contribution >= 4 is 17.7 Å². The molecular weight excluding hydrogens is 342 g/mol. The quantitative estimate of drug-likeness (QED) is 0.586. The van der Waals surface area contributed by atoms with Gasteiger partial charge in [0.15, 0.2) is 0 Å². The van der Waals surface area contributed by atoms with Gasteiger partial charge in [0.05, 0.1) is 5.69 Å². The van der Waals surface area contributed by atoms with E-state index in [4.69, 9.17) is 0 Å². The van der Waals surface area contributed by atoms with Gasteiger partial charge in [-0.15, -0.1) is 0 Å². The average Bonchev–Trinajstić information content (AvgIpc) is 2.55. The summed E-state index contributed by atoms with van der Waals surface area (Å²) in [6, 6.07) is 11.6. The number of amides is 1. The highest BCUT2D eigenvalue weighted by Crippen LogP contribution is 2.26. The van der Waals surface area contributed by atoms with Crippen LogP contribution < -0.4 is 14.8 Å². The van der Waals surface area contributed by atoms with Gasteiger partial charge >= 0.3 is 13.2 Å². The van der Waals surface area contributed by atoms with E-state index in [1.165, 1.54) is 48.5 Å². The summed E-state index contributed by atoms with van der Waals surface area (Å²) in [5.74, 6) is -0.944. The second kappa shape index (κ2) is 8.72. The first-order valence-electron chi connectivity index (χ1n) is 7.02. The summed E-state index contributed by atoms with van der Waals surface area (Å²) >= 11 is 0. The number of anilines is 1. The Morgan fingerprint density at radius 3 is 2.12 bits per heavy atom. The summed E-state index contributed by atoms with van der Waals surface area (Å²) in [6.45, 7) is -6.03. The molecule has 25 heavy (non-hydrogen) atoms. The summed E-state index contributed by atoms with van der Waals surface area (Å²) in [4.78, 5) is 11.9. The van der Waals surface area contributed by atoms with Crippen LogP contribution >= 0.6 is 0 Å². The van der Waals surface area contributed by atoms with Crippen LogP contribution in [0.5, 0.6) is 11.5 Å². The van der Waals surface area contributed by atoms with Crippen molar-refractivity contribution in [3.8, 4) is 11.5 Å². The monoisotopic (exact) mass is 355 g/mol. The minimum atomic E-state index is -3.04. The zero-order valence-electron chi connectivity index (χ0n) is 12.7. The summed E-state index contributed by atoms with van der Waals surface area (Å²) in [7, 11) is 0. The van der Waals surface area contributed by atoms with Gasteiger partial charge in [-0.2, -0.15) is 17.6 Å². The third-order valence-electron chi connectivity index (χ3n) is 2.91. The number of hydrogen-bond acceptors (Lipinski definition) is 3. The third-order valence-corrected chi connectivity index (χ3v) is 2.91. The van der Waals surface area contributed by atoms with Crippen LogP contribution in [0.3, 0.4) is 0 Å². The van der Waals surface area contributed by atoms with Gasteiger partial charge in [0, 0.05) is 11.6 Å². The van der Waals surface area contributed by atoms with E-state index in [-0.39, 0.29) is 22.7 Å². The molecular formula is C17H13F4NO3. The Kier molecular flexibility index (Phi) is 6.39. The summed E-state index contributed by atoms with van der Waals surface area (Å²) in [5, 5.41) is 2.37. The van der Waals surface area contributed by atoms with Crippen LogP contribution in [0.15, 0.2) is 54.6 Å². The van der Waals surface area contributed by atoms with Gasteiger partial charge < -0.3 is 14.8 Å². The molecule has 0 saturated carbocycles. The topological polar surface area (TPSA) is 47.6 Å². The maximum Gasteiger partial charge on any atom is 0.387 e. The van der Waals surface area contributed by atoms with E-state index < -0.39 is 19.1 Å². The molecule has 0 atom stereocenters. The van der Waals surface area contributed by atoms with E-state index in [9.17, 15) is 22.4 Å². The van der Waals surface area contributed by atoms with Crippen LogP contribution in [0.4, 0.5) is 23.2 Å². The first-order chi connectivity index (χ1) is 12.0. The van der Waals surface area contributed by atoms with Gasteiger partial charge in [-0.3, -0.25) is 4.79 Å². The van der Waals surface area contributed by atoms with E-state index >= 15 is 0 Å². The van der Waals surface area contributed by atoms with Crippen molar-refractivity contribution in [3.63, 3.8) is 0 Å². The van der Waals surface area contributed by atoms with Gasteiger partial charge in [0.1, 0.15) is 11.5 Å². The second-order valence-electron chi connectivity index (χ2n) is 4.61. The molecule has 0 heterocycles. The lowest BCUT2D eigenvalue weighted by Gasteiger charge is -2.10. The molecule has 0 saturated heterocycles. The van der Waals surface area contributed by atoms with Crippen molar-refractivity contribution in [1.82, 2.24) is 0 Å². The number of nitrogens with one attached hydrogen (secondary N) is 1. The molecule has 0 unspecified atom stereocenters. The van der Waals surface area contributed by atoms with Crippen molar-refractivity contribution in [2.75, 3.05) is 5.32 Å². The number of halogens is 4. The Balaban J connectivity index is 2.10. The van der Waals surface area contributed by atoms with Crippen LogP contribution in [0, 0.1) is 0 Å². The van der Waals surface area contributed by atoms with Crippen LogP contribution in [0.2, 0.25) is 0 Å². The Hall–Kier alpha value is -3.03. The van der Waals surface area contributed by atoms with E-state index in [1.807, 2.05) is 0 Å². The van der Waals surface area contributed by atoms with Gasteiger partial charge in [-0.25, -0.2) is 0 Å². The average molecular weight is 355 g/mol. The molecule has 2 rings (SSSR count). The molecule has 0 bridgehead atoms. The number of rotatable bonds is 7. The lowest BCUT2D eigenvalue weighted by molar-refractivity contribution is -0.111.